The standard InChI is InChI=1S/C50H37N3/c1-3-4-25-46(51-2)50-49-45-23-14-13-22-43(45)41-20-11-12-21-42(41)44-24-15-26-47(48(44)49)53(50)40-33-29-36(30-34-40)35-27-31-39(32-28-35)52(37-16-7-5-8-17-37)38-18-9-6-10-19-38/h3-34H,2H2,1H3/b4-3-,46-25-. The van der Waals surface area contributed by atoms with Gasteiger partial charge in [-0.2, -0.15) is 0 Å². The number of aromatic nitrogens is 1. The van der Waals surface area contributed by atoms with E-state index in [1.165, 1.54) is 38.8 Å². The lowest BCUT2D eigenvalue weighted by atomic mass is 9.93. The minimum atomic E-state index is 0.821. The summed E-state index contributed by atoms with van der Waals surface area (Å²) in [5.41, 5.74) is 17.0. The minimum absolute atomic E-state index is 0.821. The lowest BCUT2D eigenvalue weighted by molar-refractivity contribution is 1.09. The zero-order valence-corrected chi connectivity index (χ0v) is 29.5. The van der Waals surface area contributed by atoms with Gasteiger partial charge >= 0.3 is 0 Å². The van der Waals surface area contributed by atoms with E-state index in [9.17, 15) is 0 Å². The molecule has 0 aliphatic heterocycles. The zero-order valence-electron chi connectivity index (χ0n) is 29.5. The molecule has 53 heavy (non-hydrogen) atoms. The second-order valence-corrected chi connectivity index (χ2v) is 13.2. The van der Waals surface area contributed by atoms with E-state index in [2.05, 4.69) is 203 Å². The van der Waals surface area contributed by atoms with Crippen molar-refractivity contribution in [3.05, 3.63) is 200 Å². The summed E-state index contributed by atoms with van der Waals surface area (Å²) >= 11 is 0. The molecule has 0 unspecified atom stereocenters. The Balaban J connectivity index is 1.19. The van der Waals surface area contributed by atoms with E-state index in [-0.39, 0.29) is 0 Å². The van der Waals surface area contributed by atoms with Crippen molar-refractivity contribution >= 4 is 40.4 Å². The number of hydrogen-bond donors (Lipinski definition) is 0. The number of benzene rings is 7. The van der Waals surface area contributed by atoms with Crippen LogP contribution in [-0.2, 0) is 0 Å². The average molecular weight is 680 g/mol. The highest BCUT2D eigenvalue weighted by Crippen LogP contribution is 2.52. The summed E-state index contributed by atoms with van der Waals surface area (Å²) in [6, 6.07) is 62.9. The number of allylic oxidation sites excluding steroid dienone is 3. The van der Waals surface area contributed by atoms with Gasteiger partial charge in [0.25, 0.3) is 0 Å². The molecule has 0 amide bonds. The first kappa shape index (κ1) is 32.0. The molecule has 0 atom stereocenters. The molecule has 3 heteroatoms. The van der Waals surface area contributed by atoms with E-state index in [0.29, 0.717) is 0 Å². The molecule has 1 heterocycles. The van der Waals surface area contributed by atoms with Gasteiger partial charge in [0.05, 0.1) is 16.9 Å². The molecule has 0 fully saturated rings. The summed E-state index contributed by atoms with van der Waals surface area (Å²) in [4.78, 5) is 6.95. The Bertz CT molecular complexity index is 2620. The number of para-hydroxylation sites is 2. The molecule has 9 rings (SSSR count). The molecule has 0 radical (unpaired) electrons. The topological polar surface area (TPSA) is 20.5 Å². The molecular weight excluding hydrogens is 643 g/mol. The van der Waals surface area contributed by atoms with E-state index in [1.807, 2.05) is 19.1 Å². The highest BCUT2D eigenvalue weighted by atomic mass is 15.1. The van der Waals surface area contributed by atoms with Gasteiger partial charge in [-0.15, -0.1) is 0 Å². The molecule has 7 aromatic carbocycles. The van der Waals surface area contributed by atoms with Crippen molar-refractivity contribution in [2.24, 2.45) is 4.99 Å². The molecule has 1 aliphatic carbocycles. The van der Waals surface area contributed by atoms with Crippen LogP contribution in [0, 0.1) is 0 Å². The van der Waals surface area contributed by atoms with Gasteiger partial charge in [-0.05, 0) is 113 Å². The first-order chi connectivity index (χ1) is 26.2. The van der Waals surface area contributed by atoms with E-state index < -0.39 is 0 Å². The van der Waals surface area contributed by atoms with Gasteiger partial charge in [-0.1, -0.05) is 133 Å². The van der Waals surface area contributed by atoms with Crippen LogP contribution in [0.2, 0.25) is 0 Å². The van der Waals surface area contributed by atoms with Crippen LogP contribution in [-0.4, -0.2) is 11.3 Å². The Morgan fingerprint density at radius 2 is 1.02 bits per heavy atom. The second-order valence-electron chi connectivity index (χ2n) is 13.2. The van der Waals surface area contributed by atoms with Crippen LogP contribution in [0.25, 0.3) is 66.8 Å². The summed E-state index contributed by atoms with van der Waals surface area (Å²) in [5.74, 6) is 0. The predicted octanol–water partition coefficient (Wildman–Crippen LogP) is 13.7. The molecule has 1 aliphatic rings. The third-order valence-electron chi connectivity index (χ3n) is 10.2. The fourth-order valence-electron chi connectivity index (χ4n) is 7.83. The van der Waals surface area contributed by atoms with E-state index in [0.717, 1.165) is 50.8 Å². The maximum atomic E-state index is 4.66. The Hall–Kier alpha value is -6.97. The first-order valence-corrected chi connectivity index (χ1v) is 18.0. The predicted molar refractivity (Wildman–Crippen MR) is 226 cm³/mol. The number of fused-ring (bicyclic) bond motifs is 5. The molecule has 8 aromatic rings. The highest BCUT2D eigenvalue weighted by molar-refractivity contribution is 6.16. The normalized spacial score (nSPS) is 12.0. The monoisotopic (exact) mass is 679 g/mol. The average Bonchev–Trinajstić information content (AvgIpc) is 3.51. The van der Waals surface area contributed by atoms with Gasteiger partial charge in [-0.3, -0.25) is 4.99 Å². The molecule has 0 spiro atoms. The van der Waals surface area contributed by atoms with Crippen LogP contribution >= 0.6 is 0 Å². The van der Waals surface area contributed by atoms with Crippen molar-refractivity contribution < 1.29 is 0 Å². The summed E-state index contributed by atoms with van der Waals surface area (Å²) in [6.45, 7) is 6.10. The Labute approximate surface area is 310 Å². The van der Waals surface area contributed by atoms with Crippen LogP contribution in [0.3, 0.4) is 0 Å². The summed E-state index contributed by atoms with van der Waals surface area (Å²) in [7, 11) is 0. The van der Waals surface area contributed by atoms with Crippen molar-refractivity contribution in [1.82, 2.24) is 4.57 Å². The van der Waals surface area contributed by atoms with Crippen molar-refractivity contribution in [2.45, 2.75) is 6.92 Å². The lowest BCUT2D eigenvalue weighted by Gasteiger charge is -2.25. The van der Waals surface area contributed by atoms with Crippen molar-refractivity contribution in [1.29, 1.82) is 0 Å². The molecule has 0 N–H and O–H groups in total. The molecule has 3 nitrogen and oxygen atoms in total. The molecule has 1 aromatic heterocycles. The zero-order chi connectivity index (χ0) is 35.7. The van der Waals surface area contributed by atoms with E-state index in [1.54, 1.807) is 0 Å². The fraction of sp³-hybridized carbons (Fsp3) is 0.0200. The van der Waals surface area contributed by atoms with Gasteiger partial charge < -0.3 is 9.47 Å². The molecular formula is C50H37N3. The van der Waals surface area contributed by atoms with E-state index in [4.69, 9.17) is 0 Å². The Kier molecular flexibility index (Phi) is 8.22. The van der Waals surface area contributed by atoms with Crippen molar-refractivity contribution in [3.8, 4) is 50.2 Å². The number of anilines is 3. The van der Waals surface area contributed by atoms with Gasteiger partial charge in [0, 0.05) is 33.7 Å². The second kappa shape index (κ2) is 13.6. The maximum absolute atomic E-state index is 4.66. The van der Waals surface area contributed by atoms with Crippen LogP contribution in [0.15, 0.2) is 199 Å². The van der Waals surface area contributed by atoms with Gasteiger partial charge in [0.15, 0.2) is 0 Å². The van der Waals surface area contributed by atoms with Gasteiger partial charge in [-0.25, -0.2) is 0 Å². The minimum Gasteiger partial charge on any atom is -0.311 e. The van der Waals surface area contributed by atoms with Crippen molar-refractivity contribution in [3.63, 3.8) is 0 Å². The van der Waals surface area contributed by atoms with Gasteiger partial charge in [0.1, 0.15) is 0 Å². The third-order valence-corrected chi connectivity index (χ3v) is 10.2. The molecule has 0 bridgehead atoms. The van der Waals surface area contributed by atoms with Gasteiger partial charge in [0.2, 0.25) is 0 Å². The maximum Gasteiger partial charge on any atom is 0.0869 e. The quantitative estimate of drug-likeness (QED) is 0.116. The third kappa shape index (κ3) is 5.51. The molecule has 0 saturated heterocycles. The number of nitrogens with zero attached hydrogens (tertiary/aromatic N) is 3. The fourth-order valence-corrected chi connectivity index (χ4v) is 7.83. The first-order valence-electron chi connectivity index (χ1n) is 18.0. The number of hydrogen-bond acceptors (Lipinski definition) is 2. The van der Waals surface area contributed by atoms with E-state index >= 15 is 0 Å². The number of aliphatic imine (C=N–C) groups is 1. The smallest absolute Gasteiger partial charge is 0.0869 e. The van der Waals surface area contributed by atoms with Crippen LogP contribution in [0.4, 0.5) is 17.1 Å². The highest BCUT2D eigenvalue weighted by Gasteiger charge is 2.29. The van der Waals surface area contributed by atoms with Crippen molar-refractivity contribution in [2.75, 3.05) is 4.90 Å². The number of rotatable bonds is 8. The summed E-state index contributed by atoms with van der Waals surface area (Å²) < 4.78 is 2.37. The van der Waals surface area contributed by atoms with Crippen LogP contribution < -0.4 is 4.90 Å². The molecule has 252 valence electrons. The summed E-state index contributed by atoms with van der Waals surface area (Å²) in [6.07, 6.45) is 6.14. The Morgan fingerprint density at radius 3 is 1.60 bits per heavy atom. The Morgan fingerprint density at radius 1 is 0.528 bits per heavy atom. The van der Waals surface area contributed by atoms with Crippen LogP contribution in [0.5, 0.6) is 0 Å². The van der Waals surface area contributed by atoms with Crippen LogP contribution in [0.1, 0.15) is 12.6 Å². The lowest BCUT2D eigenvalue weighted by Crippen LogP contribution is -2.09. The molecule has 0 saturated carbocycles. The largest absolute Gasteiger partial charge is 0.311 e. The SMILES string of the molecule is C=N/C(=C\C=C/C)c1c2c3c(cccc3n1-c1ccc(-c3ccc(N(c4ccccc4)c4ccccc4)cc3)cc1)-c1ccccc1-c1ccccc1-2. The summed E-state index contributed by atoms with van der Waals surface area (Å²) in [5, 5.41) is 1.22.